The fraction of sp³-hybridized carbons (Fsp3) is 1.00. The molecule has 0 aromatic heterocycles. The van der Waals surface area contributed by atoms with Gasteiger partial charge in [0, 0.05) is 30.6 Å². The van der Waals surface area contributed by atoms with Gasteiger partial charge in [-0.05, 0) is 44.4 Å². The number of nitrogens with zero attached hydrogens (tertiary/aromatic N) is 5. The summed E-state index contributed by atoms with van der Waals surface area (Å²) in [5.74, 6) is 0. The van der Waals surface area contributed by atoms with Gasteiger partial charge in [0.1, 0.15) is 0 Å². The zero-order valence-electron chi connectivity index (χ0n) is 9.18. The van der Waals surface area contributed by atoms with Crippen molar-refractivity contribution in [3.05, 3.63) is 10.4 Å². The van der Waals surface area contributed by atoms with Gasteiger partial charge in [-0.3, -0.25) is 4.90 Å². The minimum Gasteiger partial charge on any atom is -0.302 e. The Morgan fingerprint density at radius 1 is 1.27 bits per heavy atom. The van der Waals surface area contributed by atoms with Crippen molar-refractivity contribution in [2.45, 2.75) is 25.3 Å². The van der Waals surface area contributed by atoms with Gasteiger partial charge in [-0.2, -0.15) is 0 Å². The van der Waals surface area contributed by atoms with Crippen molar-refractivity contribution in [2.75, 3.05) is 39.3 Å². The largest absolute Gasteiger partial charge is 0.302 e. The van der Waals surface area contributed by atoms with Gasteiger partial charge in [0.25, 0.3) is 0 Å². The zero-order valence-corrected chi connectivity index (χ0v) is 9.18. The lowest BCUT2D eigenvalue weighted by atomic mass is 10.2. The van der Waals surface area contributed by atoms with Crippen molar-refractivity contribution in [3.63, 3.8) is 0 Å². The molecule has 0 amide bonds. The van der Waals surface area contributed by atoms with Gasteiger partial charge < -0.3 is 4.90 Å². The molecule has 2 aliphatic rings. The highest BCUT2D eigenvalue weighted by Gasteiger charge is 2.28. The SMILES string of the molecule is [N-]=[N+]=NCCN1CCC(N2CCCC2)C1. The summed E-state index contributed by atoms with van der Waals surface area (Å²) in [4.78, 5) is 7.81. The van der Waals surface area contributed by atoms with Crippen LogP contribution >= 0.6 is 0 Å². The first-order valence-corrected chi connectivity index (χ1v) is 5.87. The molecule has 5 heteroatoms. The molecule has 2 fully saturated rings. The monoisotopic (exact) mass is 209 g/mol. The lowest BCUT2D eigenvalue weighted by Crippen LogP contribution is -2.35. The number of azide groups is 1. The molecule has 5 nitrogen and oxygen atoms in total. The van der Waals surface area contributed by atoms with Gasteiger partial charge in [-0.25, -0.2) is 0 Å². The third-order valence-corrected chi connectivity index (χ3v) is 3.48. The second-order valence-electron chi connectivity index (χ2n) is 4.44. The Labute approximate surface area is 90.7 Å². The first kappa shape index (κ1) is 10.7. The normalized spacial score (nSPS) is 28.1. The molecule has 2 saturated heterocycles. The van der Waals surface area contributed by atoms with Crippen molar-refractivity contribution >= 4 is 0 Å². The standard InChI is InChI=1S/C10H19N5/c11-13-12-4-8-14-7-3-10(9-14)15-5-1-2-6-15/h10H,1-9H2. The van der Waals surface area contributed by atoms with E-state index >= 15 is 0 Å². The Hall–Kier alpha value is -0.770. The second-order valence-corrected chi connectivity index (χ2v) is 4.44. The first-order chi connectivity index (χ1) is 7.40. The maximum Gasteiger partial charge on any atom is 0.0385 e. The van der Waals surface area contributed by atoms with Crippen LogP contribution in [0, 0.1) is 0 Å². The lowest BCUT2D eigenvalue weighted by Gasteiger charge is -2.23. The van der Waals surface area contributed by atoms with Gasteiger partial charge in [-0.1, -0.05) is 5.11 Å². The van der Waals surface area contributed by atoms with Gasteiger partial charge in [0.15, 0.2) is 0 Å². The third-order valence-electron chi connectivity index (χ3n) is 3.48. The van der Waals surface area contributed by atoms with Gasteiger partial charge in [0.05, 0.1) is 0 Å². The van der Waals surface area contributed by atoms with E-state index in [1.165, 1.54) is 45.4 Å². The second kappa shape index (κ2) is 5.35. The van der Waals surface area contributed by atoms with Crippen LogP contribution in [-0.2, 0) is 0 Å². The molecule has 0 aromatic carbocycles. The minimum atomic E-state index is 0.614. The Kier molecular flexibility index (Phi) is 3.83. The Morgan fingerprint density at radius 3 is 2.80 bits per heavy atom. The van der Waals surface area contributed by atoms with E-state index in [1.807, 2.05) is 0 Å². The van der Waals surface area contributed by atoms with Gasteiger partial charge in [-0.15, -0.1) is 0 Å². The molecule has 2 heterocycles. The highest BCUT2D eigenvalue weighted by Crippen LogP contribution is 2.19. The van der Waals surface area contributed by atoms with Crippen LogP contribution in [0.15, 0.2) is 5.11 Å². The van der Waals surface area contributed by atoms with E-state index in [0.29, 0.717) is 6.54 Å². The molecule has 84 valence electrons. The van der Waals surface area contributed by atoms with Crippen molar-refractivity contribution < 1.29 is 0 Å². The van der Waals surface area contributed by atoms with Crippen molar-refractivity contribution in [1.82, 2.24) is 9.80 Å². The molecule has 0 radical (unpaired) electrons. The van der Waals surface area contributed by atoms with Crippen LogP contribution in [0.3, 0.4) is 0 Å². The molecule has 0 aromatic rings. The predicted molar refractivity (Wildman–Crippen MR) is 59.7 cm³/mol. The fourth-order valence-corrected chi connectivity index (χ4v) is 2.65. The predicted octanol–water partition coefficient (Wildman–Crippen LogP) is 1.47. The molecule has 0 saturated carbocycles. The zero-order chi connectivity index (χ0) is 10.5. The maximum atomic E-state index is 8.20. The molecule has 0 spiro atoms. The maximum absolute atomic E-state index is 8.20. The first-order valence-electron chi connectivity index (χ1n) is 5.87. The summed E-state index contributed by atoms with van der Waals surface area (Å²) < 4.78 is 0. The molecule has 2 rings (SSSR count). The summed E-state index contributed by atoms with van der Waals surface area (Å²) in [5.41, 5.74) is 8.20. The van der Waals surface area contributed by atoms with Gasteiger partial charge in [0.2, 0.25) is 0 Å². The van der Waals surface area contributed by atoms with Crippen LogP contribution in [0.25, 0.3) is 10.4 Å². The van der Waals surface area contributed by atoms with Crippen molar-refractivity contribution in [2.24, 2.45) is 5.11 Å². The van der Waals surface area contributed by atoms with Crippen LogP contribution in [0.4, 0.5) is 0 Å². The van der Waals surface area contributed by atoms with E-state index in [4.69, 9.17) is 5.53 Å². The molecular weight excluding hydrogens is 190 g/mol. The van der Waals surface area contributed by atoms with E-state index in [-0.39, 0.29) is 0 Å². The molecule has 2 aliphatic heterocycles. The van der Waals surface area contributed by atoms with Crippen LogP contribution in [0.5, 0.6) is 0 Å². The van der Waals surface area contributed by atoms with Crippen LogP contribution in [0.2, 0.25) is 0 Å². The average Bonchev–Trinajstić information content (AvgIpc) is 2.87. The van der Waals surface area contributed by atoms with Gasteiger partial charge >= 0.3 is 0 Å². The smallest absolute Gasteiger partial charge is 0.0385 e. The third kappa shape index (κ3) is 2.84. The van der Waals surface area contributed by atoms with E-state index in [1.54, 1.807) is 0 Å². The van der Waals surface area contributed by atoms with E-state index in [9.17, 15) is 0 Å². The number of likely N-dealkylation sites (tertiary alicyclic amines) is 2. The summed E-state index contributed by atoms with van der Waals surface area (Å²) in [6, 6.07) is 0.763. The van der Waals surface area contributed by atoms with Crippen molar-refractivity contribution in [3.8, 4) is 0 Å². The molecular formula is C10H19N5. The topological polar surface area (TPSA) is 55.2 Å². The van der Waals surface area contributed by atoms with Crippen LogP contribution in [0.1, 0.15) is 19.3 Å². The van der Waals surface area contributed by atoms with Crippen LogP contribution in [-0.4, -0.2) is 55.1 Å². The quantitative estimate of drug-likeness (QED) is 0.400. The molecule has 15 heavy (non-hydrogen) atoms. The Balaban J connectivity index is 1.71. The molecule has 0 N–H and O–H groups in total. The minimum absolute atomic E-state index is 0.614. The van der Waals surface area contributed by atoms with Crippen LogP contribution < -0.4 is 0 Å². The van der Waals surface area contributed by atoms with E-state index < -0.39 is 0 Å². The number of hydrogen-bond acceptors (Lipinski definition) is 3. The highest BCUT2D eigenvalue weighted by molar-refractivity contribution is 4.85. The lowest BCUT2D eigenvalue weighted by molar-refractivity contribution is 0.234. The number of hydrogen-bond donors (Lipinski definition) is 0. The Bertz CT molecular complexity index is 242. The summed E-state index contributed by atoms with van der Waals surface area (Å²) in [6.45, 7) is 6.45. The average molecular weight is 209 g/mol. The van der Waals surface area contributed by atoms with E-state index in [0.717, 1.165) is 12.6 Å². The molecule has 1 unspecified atom stereocenters. The Morgan fingerprint density at radius 2 is 2.07 bits per heavy atom. The number of rotatable bonds is 4. The highest BCUT2D eigenvalue weighted by atomic mass is 15.3. The fourth-order valence-electron chi connectivity index (χ4n) is 2.65. The molecule has 0 bridgehead atoms. The molecule has 0 aliphatic carbocycles. The summed E-state index contributed by atoms with van der Waals surface area (Å²) >= 11 is 0. The summed E-state index contributed by atoms with van der Waals surface area (Å²) in [7, 11) is 0. The van der Waals surface area contributed by atoms with Crippen molar-refractivity contribution in [1.29, 1.82) is 0 Å². The summed E-state index contributed by atoms with van der Waals surface area (Å²) in [5, 5.41) is 3.58. The summed E-state index contributed by atoms with van der Waals surface area (Å²) in [6.07, 6.45) is 4.03. The molecule has 1 atom stereocenters. The van der Waals surface area contributed by atoms with E-state index in [2.05, 4.69) is 19.8 Å².